The second-order valence-corrected chi connectivity index (χ2v) is 5.56. The van der Waals surface area contributed by atoms with E-state index in [1.807, 2.05) is 6.08 Å². The summed E-state index contributed by atoms with van der Waals surface area (Å²) in [5.74, 6) is -1.39. The molecule has 114 valence electrons. The number of benzene rings is 1. The van der Waals surface area contributed by atoms with Crippen molar-refractivity contribution in [3.8, 4) is 0 Å². The van der Waals surface area contributed by atoms with Crippen molar-refractivity contribution in [2.24, 2.45) is 5.92 Å². The highest BCUT2D eigenvalue weighted by molar-refractivity contribution is 7.98. The summed E-state index contributed by atoms with van der Waals surface area (Å²) in [6.45, 7) is 0.0306. The van der Waals surface area contributed by atoms with Crippen LogP contribution in [0.4, 0.5) is 19.3 Å². The highest BCUT2D eigenvalue weighted by atomic mass is 32.2. The Morgan fingerprint density at radius 3 is 2.57 bits per heavy atom. The van der Waals surface area contributed by atoms with Gasteiger partial charge in [-0.15, -0.1) is 11.8 Å². The van der Waals surface area contributed by atoms with Gasteiger partial charge >= 0.3 is 6.03 Å². The quantitative estimate of drug-likeness (QED) is 0.591. The van der Waals surface area contributed by atoms with E-state index in [4.69, 9.17) is 5.11 Å². The van der Waals surface area contributed by atoms with E-state index in [9.17, 15) is 13.6 Å². The van der Waals surface area contributed by atoms with Gasteiger partial charge in [-0.3, -0.25) is 0 Å². The molecule has 1 aliphatic carbocycles. The molecule has 0 heterocycles. The number of rotatable bonds is 4. The van der Waals surface area contributed by atoms with E-state index in [0.29, 0.717) is 6.42 Å². The maximum absolute atomic E-state index is 13.6. The number of nitrogens with one attached hydrogen (secondary N) is 2. The normalized spacial score (nSPS) is 20.6. The molecule has 0 unspecified atom stereocenters. The number of carbonyl (C=O) groups is 1. The first kappa shape index (κ1) is 15.8. The molecule has 0 fully saturated rings. The third kappa shape index (κ3) is 3.95. The summed E-state index contributed by atoms with van der Waals surface area (Å²) in [6.07, 6.45) is 5.80. The van der Waals surface area contributed by atoms with Crippen molar-refractivity contribution in [2.45, 2.75) is 17.4 Å². The lowest BCUT2D eigenvalue weighted by atomic mass is 10.1. The van der Waals surface area contributed by atoms with Crippen molar-refractivity contribution < 1.29 is 18.7 Å². The Hall–Kier alpha value is -1.60. The van der Waals surface area contributed by atoms with Gasteiger partial charge in [0.2, 0.25) is 0 Å². The molecule has 0 aliphatic heterocycles. The van der Waals surface area contributed by atoms with Crippen molar-refractivity contribution in [1.29, 1.82) is 0 Å². The number of halogens is 2. The van der Waals surface area contributed by atoms with Gasteiger partial charge in [0.1, 0.15) is 11.6 Å². The number of aliphatic hydroxyl groups excluding tert-OH is 1. The molecular weight excluding hydrogens is 298 g/mol. The zero-order valence-corrected chi connectivity index (χ0v) is 12.2. The van der Waals surface area contributed by atoms with Crippen LogP contribution >= 0.6 is 11.8 Å². The second-order valence-electron chi connectivity index (χ2n) is 4.74. The molecule has 21 heavy (non-hydrogen) atoms. The molecule has 0 bridgehead atoms. The first-order chi connectivity index (χ1) is 10.0. The van der Waals surface area contributed by atoms with E-state index in [1.165, 1.54) is 0 Å². The Labute approximate surface area is 125 Å². The average Bonchev–Trinajstić information content (AvgIpc) is 2.85. The summed E-state index contributed by atoms with van der Waals surface area (Å²) in [6, 6.07) is 1.42. The Balaban J connectivity index is 1.96. The predicted octanol–water partition coefficient (Wildman–Crippen LogP) is 2.75. The lowest BCUT2D eigenvalue weighted by Crippen LogP contribution is -2.36. The molecule has 3 N–H and O–H groups in total. The van der Waals surface area contributed by atoms with Gasteiger partial charge in [0.05, 0.1) is 4.90 Å². The molecule has 2 rings (SSSR count). The van der Waals surface area contributed by atoms with Crippen LogP contribution < -0.4 is 10.6 Å². The van der Waals surface area contributed by atoms with Crippen molar-refractivity contribution in [3.05, 3.63) is 35.9 Å². The van der Waals surface area contributed by atoms with Gasteiger partial charge < -0.3 is 15.7 Å². The molecular formula is C14H16F2N2O2S. The summed E-state index contributed by atoms with van der Waals surface area (Å²) in [7, 11) is 0. The van der Waals surface area contributed by atoms with Crippen LogP contribution in [0.15, 0.2) is 29.2 Å². The monoisotopic (exact) mass is 314 g/mol. The fraction of sp³-hybridized carbons (Fsp3) is 0.357. The minimum atomic E-state index is -0.709. The maximum Gasteiger partial charge on any atom is 0.319 e. The summed E-state index contributed by atoms with van der Waals surface area (Å²) in [5, 5.41) is 14.1. The van der Waals surface area contributed by atoms with Crippen molar-refractivity contribution in [1.82, 2.24) is 5.32 Å². The number of carbonyl (C=O) groups excluding carboxylic acids is 1. The van der Waals surface area contributed by atoms with Crippen LogP contribution in [-0.2, 0) is 0 Å². The molecule has 1 aromatic carbocycles. The van der Waals surface area contributed by atoms with Gasteiger partial charge in [-0.1, -0.05) is 12.2 Å². The van der Waals surface area contributed by atoms with Crippen LogP contribution in [0.1, 0.15) is 6.42 Å². The molecule has 0 spiro atoms. The van der Waals surface area contributed by atoms with Crippen molar-refractivity contribution in [3.63, 3.8) is 0 Å². The number of hydrogen-bond donors (Lipinski definition) is 3. The Morgan fingerprint density at radius 1 is 1.38 bits per heavy atom. The van der Waals surface area contributed by atoms with Gasteiger partial charge in [-0.05, 0) is 24.8 Å². The Bertz CT molecular complexity index is 543. The highest BCUT2D eigenvalue weighted by Crippen LogP contribution is 2.26. The number of amides is 2. The predicted molar refractivity (Wildman–Crippen MR) is 78.4 cm³/mol. The first-order valence-corrected chi connectivity index (χ1v) is 7.65. The summed E-state index contributed by atoms with van der Waals surface area (Å²) in [4.78, 5) is 11.7. The minimum absolute atomic E-state index is 0.0306. The zero-order chi connectivity index (χ0) is 15.4. The van der Waals surface area contributed by atoms with Crippen LogP contribution in [0.25, 0.3) is 0 Å². The molecule has 0 saturated carbocycles. The fourth-order valence-corrected chi connectivity index (χ4v) is 2.69. The topological polar surface area (TPSA) is 61.4 Å². The summed E-state index contributed by atoms with van der Waals surface area (Å²) in [5.41, 5.74) is 0.0565. The first-order valence-electron chi connectivity index (χ1n) is 6.43. The van der Waals surface area contributed by atoms with E-state index >= 15 is 0 Å². The second kappa shape index (κ2) is 6.91. The molecule has 4 nitrogen and oxygen atoms in total. The van der Waals surface area contributed by atoms with Crippen LogP contribution in [0.3, 0.4) is 0 Å². The van der Waals surface area contributed by atoms with Crippen LogP contribution in [-0.4, -0.2) is 30.0 Å². The van der Waals surface area contributed by atoms with Crippen molar-refractivity contribution >= 4 is 23.5 Å². The Kier molecular flexibility index (Phi) is 5.19. The fourth-order valence-electron chi connectivity index (χ4n) is 2.18. The van der Waals surface area contributed by atoms with Gasteiger partial charge in [-0.25, -0.2) is 13.6 Å². The van der Waals surface area contributed by atoms with E-state index in [0.717, 1.165) is 23.9 Å². The van der Waals surface area contributed by atoms with Gasteiger partial charge in [-0.2, -0.15) is 0 Å². The molecule has 1 aromatic rings. The Morgan fingerprint density at radius 2 is 2.05 bits per heavy atom. The zero-order valence-electron chi connectivity index (χ0n) is 11.4. The largest absolute Gasteiger partial charge is 0.396 e. The third-order valence-electron chi connectivity index (χ3n) is 3.18. The standard InChI is InChI=1S/C14H16F2N2O2S/c1-21-13-11(15)5-10(6-12(13)16)18-14(20)17-9-3-2-8(4-9)7-19/h2-3,5-6,8-9,19H,4,7H2,1H3,(H2,17,18,20)/t8-,9+/m0/s1. The number of urea groups is 1. The SMILES string of the molecule is CSc1c(F)cc(NC(=O)N[C@@H]2C=C[C@H](CO)C2)cc1F. The van der Waals surface area contributed by atoms with Gasteiger partial charge in [0.25, 0.3) is 0 Å². The van der Waals surface area contributed by atoms with Crippen LogP contribution in [0, 0.1) is 17.6 Å². The lowest BCUT2D eigenvalue weighted by Gasteiger charge is -2.14. The van der Waals surface area contributed by atoms with Crippen LogP contribution in [0.5, 0.6) is 0 Å². The van der Waals surface area contributed by atoms with Crippen LogP contribution in [0.2, 0.25) is 0 Å². The highest BCUT2D eigenvalue weighted by Gasteiger charge is 2.20. The van der Waals surface area contributed by atoms with Crippen molar-refractivity contribution in [2.75, 3.05) is 18.2 Å². The maximum atomic E-state index is 13.6. The van der Waals surface area contributed by atoms with Gasteiger partial charge in [0.15, 0.2) is 0 Å². The number of anilines is 1. The summed E-state index contributed by atoms with van der Waals surface area (Å²) < 4.78 is 27.2. The molecule has 7 heteroatoms. The van der Waals surface area contributed by atoms with E-state index < -0.39 is 17.7 Å². The lowest BCUT2D eigenvalue weighted by molar-refractivity contribution is 0.238. The van der Waals surface area contributed by atoms with E-state index in [-0.39, 0.29) is 29.1 Å². The summed E-state index contributed by atoms with van der Waals surface area (Å²) >= 11 is 0.967. The molecule has 2 amide bonds. The molecule has 2 atom stereocenters. The molecule has 0 aromatic heterocycles. The van der Waals surface area contributed by atoms with E-state index in [2.05, 4.69) is 10.6 Å². The molecule has 0 saturated heterocycles. The number of thioether (sulfide) groups is 1. The molecule has 0 radical (unpaired) electrons. The average molecular weight is 314 g/mol. The van der Waals surface area contributed by atoms with Gasteiger partial charge in [0, 0.05) is 24.3 Å². The number of hydrogen-bond acceptors (Lipinski definition) is 3. The smallest absolute Gasteiger partial charge is 0.319 e. The van der Waals surface area contributed by atoms with E-state index in [1.54, 1.807) is 12.3 Å². The minimum Gasteiger partial charge on any atom is -0.396 e. The molecule has 1 aliphatic rings. The third-order valence-corrected chi connectivity index (χ3v) is 3.98. The number of aliphatic hydroxyl groups is 1.